The van der Waals surface area contributed by atoms with Crippen LogP contribution in [0, 0.1) is 12.8 Å². The largest absolute Gasteiger partial charge is 0.508 e. The molecule has 3 amide bonds. The van der Waals surface area contributed by atoms with Crippen LogP contribution in [-0.2, 0) is 14.4 Å². The second kappa shape index (κ2) is 10.3. The number of phenols is 1. The predicted octanol–water partition coefficient (Wildman–Crippen LogP) is 4.26. The summed E-state index contributed by atoms with van der Waals surface area (Å²) in [5.74, 6) is -1.79. The molecule has 202 valence electrons. The van der Waals surface area contributed by atoms with Crippen LogP contribution in [0.15, 0.2) is 82.6 Å². The van der Waals surface area contributed by atoms with Crippen molar-refractivity contribution < 1.29 is 24.2 Å². The second-order valence-corrected chi connectivity index (χ2v) is 11.7. The van der Waals surface area contributed by atoms with Crippen molar-refractivity contribution >= 4 is 52.2 Å². The zero-order chi connectivity index (χ0) is 28.0. The number of aromatic hydroxyl groups is 1. The number of hydrogen-bond donors (Lipinski definition) is 3. The molecule has 1 aromatic heterocycles. The van der Waals surface area contributed by atoms with E-state index in [0.717, 1.165) is 16.9 Å². The lowest BCUT2D eigenvalue weighted by molar-refractivity contribution is -0.122. The average molecular weight is 574 g/mol. The number of rotatable bonds is 6. The molecular weight excluding hydrogens is 550 g/mol. The van der Waals surface area contributed by atoms with Gasteiger partial charge in [0.25, 0.3) is 5.91 Å². The molecule has 9 nitrogen and oxygen atoms in total. The molecule has 40 heavy (non-hydrogen) atoms. The number of nitrogens with one attached hydrogen (secondary N) is 2. The number of amides is 3. The van der Waals surface area contributed by atoms with Crippen LogP contribution in [0.25, 0.3) is 0 Å². The monoisotopic (exact) mass is 573 g/mol. The molecule has 4 aromatic rings. The highest BCUT2D eigenvalue weighted by Gasteiger charge is 2.56. The Kier molecular flexibility index (Phi) is 6.68. The van der Waals surface area contributed by atoms with Crippen molar-refractivity contribution in [1.29, 1.82) is 0 Å². The molecule has 3 aromatic carbocycles. The molecule has 11 heteroatoms. The topological polar surface area (TPSA) is 129 Å². The van der Waals surface area contributed by atoms with Crippen LogP contribution in [0.3, 0.4) is 0 Å². The third kappa shape index (κ3) is 4.78. The molecule has 1 saturated heterocycles. The molecule has 1 fully saturated rings. The number of ether oxygens (including phenoxy) is 1. The minimum Gasteiger partial charge on any atom is -0.508 e. The average Bonchev–Trinajstić information content (AvgIpc) is 3.43. The van der Waals surface area contributed by atoms with Crippen molar-refractivity contribution in [2.45, 2.75) is 23.1 Å². The van der Waals surface area contributed by atoms with E-state index in [4.69, 9.17) is 4.74 Å². The first-order valence-corrected chi connectivity index (χ1v) is 14.1. The normalized spacial score (nSPS) is 19.7. The first kappa shape index (κ1) is 25.9. The molecule has 3 N–H and O–H groups in total. The van der Waals surface area contributed by atoms with E-state index in [1.807, 2.05) is 25.1 Å². The molecule has 0 aliphatic carbocycles. The van der Waals surface area contributed by atoms with Gasteiger partial charge in [0.05, 0.1) is 16.6 Å². The molecule has 0 bridgehead atoms. The van der Waals surface area contributed by atoms with E-state index in [0.29, 0.717) is 32.6 Å². The lowest BCUT2D eigenvalue weighted by Gasteiger charge is -2.30. The van der Waals surface area contributed by atoms with Gasteiger partial charge in [-0.1, -0.05) is 52.9 Å². The van der Waals surface area contributed by atoms with Crippen LogP contribution in [0.4, 0.5) is 11.4 Å². The lowest BCUT2D eigenvalue weighted by atomic mass is 9.83. The number of thiazole rings is 1. The fourth-order valence-electron chi connectivity index (χ4n) is 5.01. The SMILES string of the molecule is Cc1ccc(N2C(=O)[C@H]3[C@H](c4cccc(OCC(=O)Nc5ccc(O)cc5)c4)c4sc(=O)[nH]c4S[C@H]3C2=O)cc1. The maximum atomic E-state index is 13.8. The Morgan fingerprint density at radius 2 is 1.77 bits per heavy atom. The molecule has 0 spiro atoms. The third-order valence-corrected chi connectivity index (χ3v) is 9.26. The number of hydrogen-bond acceptors (Lipinski definition) is 8. The lowest BCUT2D eigenvalue weighted by Crippen LogP contribution is -2.32. The Morgan fingerprint density at radius 1 is 1.02 bits per heavy atom. The van der Waals surface area contributed by atoms with Crippen LogP contribution >= 0.6 is 23.1 Å². The number of nitrogens with zero attached hydrogens (tertiary/aromatic N) is 1. The predicted molar refractivity (Wildman–Crippen MR) is 152 cm³/mol. The van der Waals surface area contributed by atoms with E-state index < -0.39 is 17.1 Å². The zero-order valence-electron chi connectivity index (χ0n) is 21.1. The van der Waals surface area contributed by atoms with Gasteiger partial charge in [0, 0.05) is 16.5 Å². The summed E-state index contributed by atoms with van der Waals surface area (Å²) in [4.78, 5) is 56.7. The molecule has 3 atom stereocenters. The number of phenolic OH excluding ortho intramolecular Hbond substituents is 1. The maximum Gasteiger partial charge on any atom is 0.305 e. The highest BCUT2D eigenvalue weighted by molar-refractivity contribution is 8.00. The Balaban J connectivity index is 1.28. The van der Waals surface area contributed by atoms with Crippen molar-refractivity contribution in [3.63, 3.8) is 0 Å². The summed E-state index contributed by atoms with van der Waals surface area (Å²) >= 11 is 2.26. The summed E-state index contributed by atoms with van der Waals surface area (Å²) in [5.41, 5.74) is 2.75. The number of imide groups is 1. The van der Waals surface area contributed by atoms with E-state index in [-0.39, 0.29) is 35.0 Å². The van der Waals surface area contributed by atoms with Crippen molar-refractivity contribution in [1.82, 2.24) is 4.98 Å². The minimum absolute atomic E-state index is 0.0921. The molecule has 3 heterocycles. The number of fused-ring (bicyclic) bond motifs is 2. The van der Waals surface area contributed by atoms with E-state index in [2.05, 4.69) is 10.3 Å². The van der Waals surface area contributed by atoms with Gasteiger partial charge in [-0.15, -0.1) is 0 Å². The molecular formula is C29H23N3O6S2. The van der Waals surface area contributed by atoms with Crippen LogP contribution < -0.4 is 19.8 Å². The molecule has 0 saturated carbocycles. The summed E-state index contributed by atoms with van der Waals surface area (Å²) in [7, 11) is 0. The van der Waals surface area contributed by atoms with Gasteiger partial charge in [0.1, 0.15) is 16.7 Å². The van der Waals surface area contributed by atoms with Gasteiger partial charge in [-0.25, -0.2) is 4.90 Å². The first-order valence-electron chi connectivity index (χ1n) is 12.4. The number of aryl methyl sites for hydroxylation is 1. The molecule has 0 unspecified atom stereocenters. The maximum absolute atomic E-state index is 13.8. The molecule has 6 rings (SSSR count). The minimum atomic E-state index is -0.717. The van der Waals surface area contributed by atoms with E-state index >= 15 is 0 Å². The van der Waals surface area contributed by atoms with E-state index in [9.17, 15) is 24.3 Å². The molecule has 2 aliphatic rings. The van der Waals surface area contributed by atoms with Gasteiger partial charge >= 0.3 is 4.87 Å². The van der Waals surface area contributed by atoms with Crippen LogP contribution in [0.5, 0.6) is 11.5 Å². The second-order valence-electron chi connectivity index (χ2n) is 9.55. The number of carbonyl (C=O) groups is 3. The molecule has 2 aliphatic heterocycles. The van der Waals surface area contributed by atoms with Crippen molar-refractivity contribution in [2.24, 2.45) is 5.92 Å². The van der Waals surface area contributed by atoms with Gasteiger partial charge in [-0.05, 0) is 61.0 Å². The van der Waals surface area contributed by atoms with Gasteiger partial charge in [0.2, 0.25) is 11.8 Å². The fraction of sp³-hybridized carbons (Fsp3) is 0.172. The summed E-state index contributed by atoms with van der Waals surface area (Å²) < 4.78 is 5.75. The van der Waals surface area contributed by atoms with E-state index in [1.54, 1.807) is 42.5 Å². The Labute approximate surface area is 236 Å². The number of aromatic nitrogens is 1. The highest BCUT2D eigenvalue weighted by atomic mass is 32.2. The summed E-state index contributed by atoms with van der Waals surface area (Å²) in [6.45, 7) is 1.67. The van der Waals surface area contributed by atoms with Crippen LogP contribution in [-0.4, -0.2) is 39.7 Å². The number of aromatic amines is 1. The summed E-state index contributed by atoms with van der Waals surface area (Å²) in [6, 6.07) is 20.4. The van der Waals surface area contributed by atoms with E-state index in [1.165, 1.54) is 28.8 Å². The third-order valence-electron chi connectivity index (χ3n) is 6.85. The number of thioether (sulfide) groups is 1. The van der Waals surface area contributed by atoms with Gasteiger partial charge in [-0.3, -0.25) is 19.2 Å². The first-order chi connectivity index (χ1) is 19.3. The number of H-pyrrole nitrogens is 1. The Hall–Kier alpha value is -4.35. The van der Waals surface area contributed by atoms with Crippen molar-refractivity contribution in [3.8, 4) is 11.5 Å². The standard InChI is InChI=1S/C29H23N3O6S2/c1-15-5-9-18(10-6-15)32-27(35)23-22(24-26(31-29(37)40-24)39-25(23)28(32)36)16-3-2-4-20(13-16)38-14-21(34)30-17-7-11-19(33)12-8-17/h2-13,22-23,25,33H,14H2,1H3,(H,30,34)(H,31,37)/t22-,23-,25+/m0/s1. The summed E-state index contributed by atoms with van der Waals surface area (Å²) in [5, 5.41) is 12.0. The smallest absolute Gasteiger partial charge is 0.305 e. The van der Waals surface area contributed by atoms with Crippen molar-refractivity contribution in [3.05, 3.63) is 98.5 Å². The van der Waals surface area contributed by atoms with Crippen LogP contribution in [0.1, 0.15) is 21.9 Å². The van der Waals surface area contributed by atoms with Gasteiger partial charge in [0.15, 0.2) is 6.61 Å². The number of anilines is 2. The van der Waals surface area contributed by atoms with Gasteiger partial charge in [-0.2, -0.15) is 0 Å². The Morgan fingerprint density at radius 3 is 2.52 bits per heavy atom. The summed E-state index contributed by atoms with van der Waals surface area (Å²) in [6.07, 6.45) is 0. The van der Waals surface area contributed by atoms with Crippen molar-refractivity contribution in [2.75, 3.05) is 16.8 Å². The number of benzene rings is 3. The zero-order valence-corrected chi connectivity index (χ0v) is 22.8. The number of carbonyl (C=O) groups excluding carboxylic acids is 3. The molecule has 0 radical (unpaired) electrons. The Bertz CT molecular complexity index is 1680. The van der Waals surface area contributed by atoms with Crippen LogP contribution in [0.2, 0.25) is 0 Å². The van der Waals surface area contributed by atoms with Gasteiger partial charge < -0.3 is 20.1 Å². The quantitative estimate of drug-likeness (QED) is 0.232. The highest BCUT2D eigenvalue weighted by Crippen LogP contribution is 2.53. The fourth-order valence-corrected chi connectivity index (χ4v) is 7.53.